The predicted molar refractivity (Wildman–Crippen MR) is 66.2 cm³/mol. The molecule has 0 fully saturated rings. The van der Waals surface area contributed by atoms with Gasteiger partial charge in [-0.25, -0.2) is 9.97 Å². The highest BCUT2D eigenvalue weighted by molar-refractivity contribution is 5.67. The molecule has 0 saturated heterocycles. The molecule has 80 valence electrons. The minimum absolute atomic E-state index is 0.375. The lowest BCUT2D eigenvalue weighted by Gasteiger charge is -1.97. The second-order valence-corrected chi connectivity index (χ2v) is 3.32. The number of nitrogens with zero attached hydrogens (tertiary/aromatic N) is 2. The molecule has 0 unspecified atom stereocenters. The Labute approximate surface area is 93.6 Å². The number of benzene rings is 1. The van der Waals surface area contributed by atoms with Crippen LogP contribution in [0.15, 0.2) is 36.4 Å². The van der Waals surface area contributed by atoms with Gasteiger partial charge >= 0.3 is 0 Å². The normalized spacial score (nSPS) is 10.8. The zero-order chi connectivity index (χ0) is 11.4. The van der Waals surface area contributed by atoms with Gasteiger partial charge < -0.3 is 11.5 Å². The maximum atomic E-state index is 5.56. The van der Waals surface area contributed by atoms with Crippen LogP contribution < -0.4 is 11.5 Å². The van der Waals surface area contributed by atoms with Crippen molar-refractivity contribution in [1.29, 1.82) is 0 Å². The fraction of sp³-hybridized carbons (Fsp3) is 0. The van der Waals surface area contributed by atoms with E-state index in [1.807, 2.05) is 36.4 Å². The molecule has 4 heteroatoms. The quantitative estimate of drug-likeness (QED) is 0.795. The third-order valence-electron chi connectivity index (χ3n) is 2.01. The van der Waals surface area contributed by atoms with Gasteiger partial charge in [-0.2, -0.15) is 0 Å². The van der Waals surface area contributed by atoms with E-state index < -0.39 is 0 Å². The molecule has 0 aliphatic heterocycles. The second-order valence-electron chi connectivity index (χ2n) is 3.32. The number of anilines is 2. The van der Waals surface area contributed by atoms with Gasteiger partial charge in [0.1, 0.15) is 11.6 Å². The van der Waals surface area contributed by atoms with Crippen LogP contribution in [0.5, 0.6) is 0 Å². The molecule has 0 amide bonds. The summed E-state index contributed by atoms with van der Waals surface area (Å²) in [4.78, 5) is 8.10. The summed E-state index contributed by atoms with van der Waals surface area (Å²) < 4.78 is 0. The summed E-state index contributed by atoms with van der Waals surface area (Å²) in [5.41, 5.74) is 12.2. The molecule has 0 atom stereocenters. The molecule has 0 aliphatic carbocycles. The van der Waals surface area contributed by atoms with Gasteiger partial charge in [-0.3, -0.25) is 0 Å². The van der Waals surface area contributed by atoms with Crippen molar-refractivity contribution in [3.8, 4) is 0 Å². The molecule has 4 nitrogen and oxygen atoms in total. The topological polar surface area (TPSA) is 77.8 Å². The summed E-state index contributed by atoms with van der Waals surface area (Å²) in [6, 6.07) is 11.4. The third-order valence-corrected chi connectivity index (χ3v) is 2.01. The van der Waals surface area contributed by atoms with Crippen LogP contribution in [0.25, 0.3) is 12.2 Å². The number of rotatable bonds is 2. The number of hydrogen-bond acceptors (Lipinski definition) is 4. The first kappa shape index (κ1) is 10.2. The lowest BCUT2D eigenvalue weighted by molar-refractivity contribution is 1.15. The van der Waals surface area contributed by atoms with E-state index in [0.717, 1.165) is 5.56 Å². The standard InChI is InChI=1S/C12H12N4/c13-10-8-11(14)16-12(15-10)7-6-9-4-2-1-3-5-9/h1-8H,(H4,13,14,15,16)/b7-6+. The summed E-state index contributed by atoms with van der Waals surface area (Å²) in [7, 11) is 0. The maximum absolute atomic E-state index is 5.56. The number of nitrogen functional groups attached to an aromatic ring is 2. The lowest BCUT2D eigenvalue weighted by atomic mass is 10.2. The molecule has 1 aromatic heterocycles. The highest BCUT2D eigenvalue weighted by Crippen LogP contribution is 2.08. The van der Waals surface area contributed by atoms with Crippen LogP contribution in [0.2, 0.25) is 0 Å². The molecule has 1 aromatic carbocycles. The van der Waals surface area contributed by atoms with Crippen molar-refractivity contribution in [2.75, 3.05) is 11.5 Å². The Hall–Kier alpha value is -2.36. The number of aromatic nitrogens is 2. The van der Waals surface area contributed by atoms with E-state index in [9.17, 15) is 0 Å². The fourth-order valence-electron chi connectivity index (χ4n) is 1.32. The fourth-order valence-corrected chi connectivity index (χ4v) is 1.32. The molecule has 16 heavy (non-hydrogen) atoms. The average molecular weight is 212 g/mol. The predicted octanol–water partition coefficient (Wildman–Crippen LogP) is 1.81. The van der Waals surface area contributed by atoms with Gasteiger partial charge in [-0.15, -0.1) is 0 Å². The molecular weight excluding hydrogens is 200 g/mol. The van der Waals surface area contributed by atoms with Crippen molar-refractivity contribution in [3.63, 3.8) is 0 Å². The first-order valence-electron chi connectivity index (χ1n) is 4.87. The zero-order valence-corrected chi connectivity index (χ0v) is 8.67. The van der Waals surface area contributed by atoms with Crippen molar-refractivity contribution in [2.24, 2.45) is 0 Å². The van der Waals surface area contributed by atoms with Gasteiger partial charge in [-0.05, 0) is 11.6 Å². The minimum Gasteiger partial charge on any atom is -0.384 e. The van der Waals surface area contributed by atoms with Crippen LogP contribution in [0, 0.1) is 0 Å². The molecular formula is C12H12N4. The first-order valence-corrected chi connectivity index (χ1v) is 4.87. The van der Waals surface area contributed by atoms with Crippen molar-refractivity contribution >= 4 is 23.8 Å². The molecule has 0 aliphatic rings. The highest BCUT2D eigenvalue weighted by Gasteiger charge is 1.95. The maximum Gasteiger partial charge on any atom is 0.156 e. The summed E-state index contributed by atoms with van der Waals surface area (Å²) in [5, 5.41) is 0. The van der Waals surface area contributed by atoms with E-state index in [1.165, 1.54) is 6.07 Å². The van der Waals surface area contributed by atoms with Crippen molar-refractivity contribution in [2.45, 2.75) is 0 Å². The van der Waals surface area contributed by atoms with Crippen molar-refractivity contribution in [3.05, 3.63) is 47.8 Å². The van der Waals surface area contributed by atoms with Gasteiger partial charge in [0.25, 0.3) is 0 Å². The van der Waals surface area contributed by atoms with Crippen LogP contribution >= 0.6 is 0 Å². The molecule has 0 radical (unpaired) electrons. The Balaban J connectivity index is 2.24. The minimum atomic E-state index is 0.375. The van der Waals surface area contributed by atoms with Gasteiger partial charge in [0.05, 0.1) is 0 Å². The molecule has 1 heterocycles. The Morgan fingerprint density at radius 1 is 0.875 bits per heavy atom. The largest absolute Gasteiger partial charge is 0.384 e. The number of nitrogens with two attached hydrogens (primary N) is 2. The van der Waals surface area contributed by atoms with E-state index in [-0.39, 0.29) is 0 Å². The Morgan fingerprint density at radius 2 is 1.50 bits per heavy atom. The average Bonchev–Trinajstić information content (AvgIpc) is 2.27. The Bertz CT molecular complexity index is 485. The van der Waals surface area contributed by atoms with E-state index in [0.29, 0.717) is 17.5 Å². The third kappa shape index (κ3) is 2.57. The van der Waals surface area contributed by atoms with Crippen molar-refractivity contribution < 1.29 is 0 Å². The highest BCUT2D eigenvalue weighted by atomic mass is 15.0. The van der Waals surface area contributed by atoms with Crippen molar-refractivity contribution in [1.82, 2.24) is 9.97 Å². The zero-order valence-electron chi connectivity index (χ0n) is 8.67. The van der Waals surface area contributed by atoms with Crippen LogP contribution in [0.3, 0.4) is 0 Å². The van der Waals surface area contributed by atoms with E-state index >= 15 is 0 Å². The Morgan fingerprint density at radius 3 is 2.12 bits per heavy atom. The SMILES string of the molecule is Nc1cc(N)nc(/C=C/c2ccccc2)n1. The van der Waals surface area contributed by atoms with E-state index in [4.69, 9.17) is 11.5 Å². The lowest BCUT2D eigenvalue weighted by Crippen LogP contribution is -1.99. The van der Waals surface area contributed by atoms with E-state index in [1.54, 1.807) is 6.08 Å². The van der Waals surface area contributed by atoms with Crippen LogP contribution in [0.4, 0.5) is 11.6 Å². The van der Waals surface area contributed by atoms with Gasteiger partial charge in [-0.1, -0.05) is 36.4 Å². The summed E-state index contributed by atoms with van der Waals surface area (Å²) >= 11 is 0. The summed E-state index contributed by atoms with van der Waals surface area (Å²) in [5.74, 6) is 1.27. The van der Waals surface area contributed by atoms with Crippen LogP contribution in [-0.4, -0.2) is 9.97 Å². The van der Waals surface area contributed by atoms with Crippen LogP contribution in [-0.2, 0) is 0 Å². The molecule has 0 spiro atoms. The molecule has 2 aromatic rings. The summed E-state index contributed by atoms with van der Waals surface area (Å²) in [6.45, 7) is 0. The summed E-state index contributed by atoms with van der Waals surface area (Å²) in [6.07, 6.45) is 3.69. The number of hydrogen-bond donors (Lipinski definition) is 2. The van der Waals surface area contributed by atoms with Gasteiger partial charge in [0.15, 0.2) is 5.82 Å². The first-order chi connectivity index (χ1) is 7.74. The van der Waals surface area contributed by atoms with E-state index in [2.05, 4.69) is 9.97 Å². The Kier molecular flexibility index (Phi) is 2.82. The molecule has 2 rings (SSSR count). The second kappa shape index (κ2) is 4.44. The van der Waals surface area contributed by atoms with Crippen LogP contribution in [0.1, 0.15) is 11.4 Å². The van der Waals surface area contributed by atoms with Gasteiger partial charge in [0, 0.05) is 6.07 Å². The molecule has 0 saturated carbocycles. The molecule has 0 bridgehead atoms. The smallest absolute Gasteiger partial charge is 0.156 e. The van der Waals surface area contributed by atoms with Gasteiger partial charge in [0.2, 0.25) is 0 Å². The molecule has 4 N–H and O–H groups in total. The monoisotopic (exact) mass is 212 g/mol.